The van der Waals surface area contributed by atoms with E-state index in [2.05, 4.69) is 0 Å². The summed E-state index contributed by atoms with van der Waals surface area (Å²) in [5, 5.41) is 38.2. The Kier molecular flexibility index (Phi) is 3.74. The van der Waals surface area contributed by atoms with Gasteiger partial charge in [-0.3, -0.25) is 10.2 Å². The van der Waals surface area contributed by atoms with Crippen molar-refractivity contribution >= 4 is 11.9 Å². The summed E-state index contributed by atoms with van der Waals surface area (Å²) in [5.74, 6) is -3.08. The standard InChI is InChI=1S/C19H16N4O3/c1-3-25-15(24)14-13(12-7-5-4-6-8-12)19(11-22)16(23)26-17(14,2)18(19,9-20)10-21/h4-8,13-14,23H,3H2,1-2H3/t13-,14-,17-,19+/m0/s1. The molecule has 2 bridgehead atoms. The largest absolute Gasteiger partial charge is 0.470 e. The number of hydrogen-bond donors (Lipinski definition) is 1. The van der Waals surface area contributed by atoms with Gasteiger partial charge in [0.2, 0.25) is 11.3 Å². The maximum atomic E-state index is 12.8. The van der Waals surface area contributed by atoms with Crippen molar-refractivity contribution in [2.45, 2.75) is 25.4 Å². The number of hydrogen-bond acceptors (Lipinski definition) is 7. The molecule has 1 heterocycles. The van der Waals surface area contributed by atoms with Crippen molar-refractivity contribution in [3.05, 3.63) is 35.9 Å². The highest BCUT2D eigenvalue weighted by Crippen LogP contribution is 2.73. The SMILES string of the molecule is CCOC(=O)[C@@H]1[C@H](c2ccccc2)[C@]2(C#N)C(=N)O[C@]1(C)C2(C#N)C#N. The number of carbonyl (C=O) groups is 1. The predicted molar refractivity (Wildman–Crippen MR) is 88.2 cm³/mol. The highest BCUT2D eigenvalue weighted by molar-refractivity contribution is 5.96. The zero-order valence-corrected chi connectivity index (χ0v) is 14.3. The van der Waals surface area contributed by atoms with E-state index in [1.54, 1.807) is 37.3 Å². The van der Waals surface area contributed by atoms with Crippen LogP contribution >= 0.6 is 0 Å². The van der Waals surface area contributed by atoms with Crippen LogP contribution in [0.5, 0.6) is 0 Å². The summed E-state index contributed by atoms with van der Waals surface area (Å²) in [6.07, 6.45) is 0. The lowest BCUT2D eigenvalue weighted by atomic mass is 9.62. The monoisotopic (exact) mass is 348 g/mol. The molecule has 0 radical (unpaired) electrons. The lowest BCUT2D eigenvalue weighted by Crippen LogP contribution is -2.48. The lowest BCUT2D eigenvalue weighted by molar-refractivity contribution is -0.157. The first-order valence-corrected chi connectivity index (χ1v) is 8.13. The zero-order chi connectivity index (χ0) is 19.2. The number of nitrogens with zero attached hydrogens (tertiary/aromatic N) is 3. The van der Waals surface area contributed by atoms with Crippen LogP contribution in [0, 0.1) is 56.2 Å². The molecule has 26 heavy (non-hydrogen) atoms. The van der Waals surface area contributed by atoms with E-state index in [9.17, 15) is 20.6 Å². The van der Waals surface area contributed by atoms with Gasteiger partial charge in [0.25, 0.3) is 0 Å². The van der Waals surface area contributed by atoms with Crippen molar-refractivity contribution in [1.29, 1.82) is 21.2 Å². The smallest absolute Gasteiger partial charge is 0.313 e. The van der Waals surface area contributed by atoms with Crippen molar-refractivity contribution in [1.82, 2.24) is 0 Å². The van der Waals surface area contributed by atoms with Gasteiger partial charge in [0.15, 0.2) is 11.0 Å². The van der Waals surface area contributed by atoms with Crippen LogP contribution in [0.4, 0.5) is 0 Å². The van der Waals surface area contributed by atoms with Gasteiger partial charge in [0.1, 0.15) is 5.92 Å². The molecular weight excluding hydrogens is 332 g/mol. The van der Waals surface area contributed by atoms with Gasteiger partial charge in [-0.2, -0.15) is 15.8 Å². The highest BCUT2D eigenvalue weighted by atomic mass is 16.5. The number of nitrogens with one attached hydrogen (secondary N) is 1. The summed E-state index contributed by atoms with van der Waals surface area (Å²) in [7, 11) is 0. The zero-order valence-electron chi connectivity index (χ0n) is 14.3. The Morgan fingerprint density at radius 3 is 2.35 bits per heavy atom. The number of esters is 1. The van der Waals surface area contributed by atoms with E-state index in [1.807, 2.05) is 18.2 Å². The normalized spacial score (nSPS) is 33.4. The molecule has 1 saturated carbocycles. The molecule has 1 aliphatic carbocycles. The number of ether oxygens (including phenoxy) is 2. The molecule has 7 heteroatoms. The van der Waals surface area contributed by atoms with Crippen LogP contribution in [0.3, 0.4) is 0 Å². The van der Waals surface area contributed by atoms with Crippen LogP contribution in [0.2, 0.25) is 0 Å². The van der Waals surface area contributed by atoms with Gasteiger partial charge in [-0.25, -0.2) is 0 Å². The molecule has 2 aliphatic rings. The fourth-order valence-corrected chi connectivity index (χ4v) is 4.49. The number of fused-ring (bicyclic) bond motifs is 2. The average molecular weight is 348 g/mol. The maximum absolute atomic E-state index is 12.8. The lowest BCUT2D eigenvalue weighted by Gasteiger charge is -2.37. The van der Waals surface area contributed by atoms with Gasteiger partial charge in [-0.15, -0.1) is 0 Å². The summed E-state index contributed by atoms with van der Waals surface area (Å²) < 4.78 is 10.8. The van der Waals surface area contributed by atoms with Crippen molar-refractivity contribution in [2.24, 2.45) is 16.7 Å². The van der Waals surface area contributed by atoms with Gasteiger partial charge >= 0.3 is 5.97 Å². The Morgan fingerprint density at radius 1 is 1.23 bits per heavy atom. The third-order valence-corrected chi connectivity index (χ3v) is 5.61. The summed E-state index contributed by atoms with van der Waals surface area (Å²) in [5.41, 5.74) is -5.00. The fraction of sp³-hybridized carbons (Fsp3) is 0.421. The van der Waals surface area contributed by atoms with Crippen LogP contribution in [-0.4, -0.2) is 24.1 Å². The van der Waals surface area contributed by atoms with Gasteiger partial charge in [-0.05, 0) is 19.4 Å². The molecule has 1 aromatic carbocycles. The minimum absolute atomic E-state index is 0.107. The first-order chi connectivity index (χ1) is 12.4. The summed E-state index contributed by atoms with van der Waals surface area (Å²) in [6, 6.07) is 14.5. The van der Waals surface area contributed by atoms with E-state index in [4.69, 9.17) is 14.9 Å². The van der Waals surface area contributed by atoms with E-state index in [0.29, 0.717) is 5.56 Å². The number of carbonyl (C=O) groups excluding carboxylic acids is 1. The van der Waals surface area contributed by atoms with E-state index in [-0.39, 0.29) is 6.61 Å². The minimum atomic E-state index is -2.01. The third kappa shape index (κ3) is 1.64. The molecule has 2 fully saturated rings. The van der Waals surface area contributed by atoms with Gasteiger partial charge in [0, 0.05) is 5.92 Å². The molecule has 7 nitrogen and oxygen atoms in total. The third-order valence-electron chi connectivity index (χ3n) is 5.61. The van der Waals surface area contributed by atoms with Crippen LogP contribution in [0.15, 0.2) is 30.3 Å². The molecule has 0 aromatic heterocycles. The van der Waals surface area contributed by atoms with Gasteiger partial charge < -0.3 is 9.47 Å². The molecular formula is C19H16N4O3. The molecule has 130 valence electrons. The first kappa shape index (κ1) is 17.5. The predicted octanol–water partition coefficient (Wildman–Crippen LogP) is 2.27. The fourth-order valence-electron chi connectivity index (χ4n) is 4.49. The molecule has 1 aromatic rings. The van der Waals surface area contributed by atoms with Crippen molar-refractivity contribution in [3.63, 3.8) is 0 Å². The van der Waals surface area contributed by atoms with Crippen molar-refractivity contribution in [2.75, 3.05) is 6.61 Å². The molecule has 3 rings (SSSR count). The van der Waals surface area contributed by atoms with Crippen LogP contribution in [0.25, 0.3) is 0 Å². The van der Waals surface area contributed by atoms with E-state index < -0.39 is 40.1 Å². The quantitative estimate of drug-likeness (QED) is 0.834. The average Bonchev–Trinajstić information content (AvgIpc) is 2.96. The second kappa shape index (κ2) is 5.58. The molecule has 0 amide bonds. The summed E-state index contributed by atoms with van der Waals surface area (Å²) >= 11 is 0. The Hall–Kier alpha value is -3.37. The Morgan fingerprint density at radius 2 is 1.85 bits per heavy atom. The number of nitriles is 3. The minimum Gasteiger partial charge on any atom is -0.470 e. The second-order valence-corrected chi connectivity index (χ2v) is 6.55. The van der Waals surface area contributed by atoms with E-state index in [0.717, 1.165) is 0 Å². The molecule has 1 N–H and O–H groups in total. The Labute approximate surface area is 150 Å². The van der Waals surface area contributed by atoms with Crippen molar-refractivity contribution in [3.8, 4) is 18.2 Å². The van der Waals surface area contributed by atoms with Crippen LogP contribution < -0.4 is 0 Å². The van der Waals surface area contributed by atoms with Crippen LogP contribution in [-0.2, 0) is 14.3 Å². The van der Waals surface area contributed by atoms with E-state index >= 15 is 0 Å². The Bertz CT molecular complexity index is 893. The topological polar surface area (TPSA) is 131 Å². The van der Waals surface area contributed by atoms with Gasteiger partial charge in [-0.1, -0.05) is 30.3 Å². The van der Waals surface area contributed by atoms with Crippen molar-refractivity contribution < 1.29 is 14.3 Å². The number of rotatable bonds is 3. The summed E-state index contributed by atoms with van der Waals surface area (Å²) in [6.45, 7) is 3.20. The second-order valence-electron chi connectivity index (χ2n) is 6.55. The molecule has 0 unspecified atom stereocenters. The maximum Gasteiger partial charge on any atom is 0.313 e. The molecule has 1 saturated heterocycles. The molecule has 1 aliphatic heterocycles. The van der Waals surface area contributed by atoms with Crippen LogP contribution in [0.1, 0.15) is 25.3 Å². The molecule has 4 atom stereocenters. The summed E-state index contributed by atoms with van der Waals surface area (Å²) in [4.78, 5) is 12.8. The highest BCUT2D eigenvalue weighted by Gasteiger charge is 2.87. The molecule has 0 spiro atoms. The van der Waals surface area contributed by atoms with E-state index in [1.165, 1.54) is 6.92 Å². The number of benzene rings is 1. The van der Waals surface area contributed by atoms with Gasteiger partial charge in [0.05, 0.1) is 24.8 Å². The Balaban J connectivity index is 2.39. The first-order valence-electron chi connectivity index (χ1n) is 8.13.